The first kappa shape index (κ1) is 17.0. The van der Waals surface area contributed by atoms with Gasteiger partial charge in [0.25, 0.3) is 0 Å². The van der Waals surface area contributed by atoms with Crippen molar-refractivity contribution in [2.45, 2.75) is 25.1 Å². The molecule has 114 valence electrons. The average Bonchev–Trinajstić information content (AvgIpc) is 2.92. The predicted octanol–water partition coefficient (Wildman–Crippen LogP) is 5.84. The van der Waals surface area contributed by atoms with E-state index >= 15 is 0 Å². The number of aryl methyl sites for hydroxylation is 1. The topological polar surface area (TPSA) is 22.1 Å². The first-order valence-corrected chi connectivity index (χ1v) is 8.95. The Balaban J connectivity index is 1.73. The van der Waals surface area contributed by atoms with Crippen molar-refractivity contribution in [2.24, 2.45) is 0 Å². The monoisotopic (exact) mass is 411 g/mol. The summed E-state index contributed by atoms with van der Waals surface area (Å²) in [5, 5.41) is 3.14. The van der Waals surface area contributed by atoms with Gasteiger partial charge in [0, 0.05) is 11.4 Å². The minimum atomic E-state index is -0.480. The van der Waals surface area contributed by atoms with Gasteiger partial charge in [0.2, 0.25) is 0 Å². The van der Waals surface area contributed by atoms with E-state index in [4.69, 9.17) is 27.9 Å². The second kappa shape index (κ2) is 8.32. The van der Waals surface area contributed by atoms with Gasteiger partial charge in [0.05, 0.1) is 32.7 Å². The number of benzene rings is 1. The molecular formula is C14H13BrCl2FNOS. The number of alkyl halides is 1. The maximum Gasteiger partial charge on any atom is 0.145 e. The van der Waals surface area contributed by atoms with E-state index in [1.807, 2.05) is 5.38 Å². The fourth-order valence-corrected chi connectivity index (χ4v) is 3.52. The van der Waals surface area contributed by atoms with Crippen molar-refractivity contribution in [3.8, 4) is 5.75 Å². The van der Waals surface area contributed by atoms with E-state index < -0.39 is 5.82 Å². The van der Waals surface area contributed by atoms with Crippen LogP contribution in [-0.2, 0) is 12.3 Å². The Morgan fingerprint density at radius 3 is 2.86 bits per heavy atom. The highest BCUT2D eigenvalue weighted by Gasteiger charge is 2.08. The van der Waals surface area contributed by atoms with Crippen molar-refractivity contribution < 1.29 is 9.13 Å². The fourth-order valence-electron chi connectivity index (χ4n) is 1.70. The lowest BCUT2D eigenvalue weighted by molar-refractivity contribution is 0.303. The third-order valence-corrected chi connectivity index (χ3v) is 4.89. The summed E-state index contributed by atoms with van der Waals surface area (Å²) in [6.45, 7) is 0.521. The van der Waals surface area contributed by atoms with E-state index in [1.54, 1.807) is 11.3 Å². The molecule has 2 nitrogen and oxygen atoms in total. The first-order chi connectivity index (χ1) is 10.1. The maximum absolute atomic E-state index is 13.3. The van der Waals surface area contributed by atoms with Crippen LogP contribution in [0.1, 0.15) is 23.5 Å². The molecule has 0 aliphatic heterocycles. The highest BCUT2D eigenvalue weighted by Crippen LogP contribution is 2.30. The molecule has 0 aliphatic rings. The Bertz CT molecular complexity index is 609. The molecule has 2 rings (SSSR count). The lowest BCUT2D eigenvalue weighted by Crippen LogP contribution is -1.99. The summed E-state index contributed by atoms with van der Waals surface area (Å²) in [6.07, 6.45) is 2.73. The standard InChI is InChI=1S/C14H13BrCl2FNOS/c15-10-5-11(17)12(18)6-13(10)20-4-2-1-3-14-19-9(7-16)8-21-14/h5-6,8H,1-4,7H2. The molecule has 1 heterocycles. The van der Waals surface area contributed by atoms with Crippen LogP contribution in [0.15, 0.2) is 22.0 Å². The number of unbranched alkanes of at least 4 members (excludes halogenated alkanes) is 1. The van der Waals surface area contributed by atoms with Gasteiger partial charge in [-0.05, 0) is 41.3 Å². The van der Waals surface area contributed by atoms with Crippen LogP contribution in [-0.4, -0.2) is 11.6 Å². The van der Waals surface area contributed by atoms with Crippen LogP contribution in [0.3, 0.4) is 0 Å². The largest absolute Gasteiger partial charge is 0.492 e. The van der Waals surface area contributed by atoms with Gasteiger partial charge in [-0.1, -0.05) is 11.6 Å². The third-order valence-electron chi connectivity index (χ3n) is 2.75. The van der Waals surface area contributed by atoms with Gasteiger partial charge in [-0.15, -0.1) is 22.9 Å². The number of hydrogen-bond donors (Lipinski definition) is 0. The molecule has 0 saturated heterocycles. The van der Waals surface area contributed by atoms with E-state index in [-0.39, 0.29) is 5.02 Å². The van der Waals surface area contributed by atoms with Gasteiger partial charge >= 0.3 is 0 Å². The van der Waals surface area contributed by atoms with Crippen molar-refractivity contribution >= 4 is 50.5 Å². The number of ether oxygens (including phenoxy) is 1. The van der Waals surface area contributed by atoms with Gasteiger partial charge in [-0.3, -0.25) is 0 Å². The quantitative estimate of drug-likeness (QED) is 0.323. The van der Waals surface area contributed by atoms with Crippen molar-refractivity contribution in [1.82, 2.24) is 4.98 Å². The summed E-state index contributed by atoms with van der Waals surface area (Å²) in [6, 6.07) is 2.79. The van der Waals surface area contributed by atoms with Crippen molar-refractivity contribution in [3.05, 3.63) is 43.5 Å². The number of hydrogen-bond acceptors (Lipinski definition) is 3. The zero-order valence-electron chi connectivity index (χ0n) is 11.0. The van der Waals surface area contributed by atoms with Crippen LogP contribution in [0.2, 0.25) is 5.02 Å². The van der Waals surface area contributed by atoms with Crippen LogP contribution in [0, 0.1) is 5.82 Å². The third kappa shape index (κ3) is 5.09. The van der Waals surface area contributed by atoms with Crippen LogP contribution >= 0.6 is 50.5 Å². The number of nitrogens with zero attached hydrogens (tertiary/aromatic N) is 1. The molecule has 0 spiro atoms. The summed E-state index contributed by atoms with van der Waals surface area (Å²) in [4.78, 5) is 4.39. The van der Waals surface area contributed by atoms with Crippen LogP contribution in [0.25, 0.3) is 0 Å². The van der Waals surface area contributed by atoms with Crippen molar-refractivity contribution in [3.63, 3.8) is 0 Å². The van der Waals surface area contributed by atoms with E-state index in [0.29, 0.717) is 22.7 Å². The number of rotatable bonds is 7. The first-order valence-electron chi connectivity index (χ1n) is 6.36. The molecule has 0 bridgehead atoms. The van der Waals surface area contributed by atoms with E-state index in [0.717, 1.165) is 30.0 Å². The van der Waals surface area contributed by atoms with Gasteiger partial charge in [0.1, 0.15) is 11.6 Å². The van der Waals surface area contributed by atoms with E-state index in [1.165, 1.54) is 12.1 Å². The fraction of sp³-hybridized carbons (Fsp3) is 0.357. The molecule has 2 aromatic rings. The molecule has 0 aliphatic carbocycles. The molecule has 0 radical (unpaired) electrons. The van der Waals surface area contributed by atoms with E-state index in [9.17, 15) is 4.39 Å². The predicted molar refractivity (Wildman–Crippen MR) is 89.2 cm³/mol. The average molecular weight is 413 g/mol. The van der Waals surface area contributed by atoms with Crippen LogP contribution in [0.5, 0.6) is 5.75 Å². The molecule has 1 aromatic heterocycles. The Morgan fingerprint density at radius 1 is 1.33 bits per heavy atom. The Morgan fingerprint density at radius 2 is 2.14 bits per heavy atom. The highest BCUT2D eigenvalue weighted by atomic mass is 79.9. The van der Waals surface area contributed by atoms with Crippen LogP contribution in [0.4, 0.5) is 4.39 Å². The lowest BCUT2D eigenvalue weighted by atomic mass is 10.2. The molecule has 0 amide bonds. The summed E-state index contributed by atoms with van der Waals surface area (Å²) < 4.78 is 19.5. The molecule has 7 heteroatoms. The molecule has 0 unspecified atom stereocenters. The van der Waals surface area contributed by atoms with Crippen molar-refractivity contribution in [1.29, 1.82) is 0 Å². The maximum atomic E-state index is 13.3. The normalized spacial score (nSPS) is 10.9. The second-order valence-electron chi connectivity index (χ2n) is 4.37. The molecule has 0 atom stereocenters. The highest BCUT2D eigenvalue weighted by molar-refractivity contribution is 9.10. The number of thiazole rings is 1. The lowest BCUT2D eigenvalue weighted by Gasteiger charge is -2.08. The summed E-state index contributed by atoms with van der Waals surface area (Å²) in [7, 11) is 0. The Hall–Kier alpha value is -0.360. The Labute approximate surface area is 145 Å². The number of halogens is 4. The number of aromatic nitrogens is 1. The minimum Gasteiger partial charge on any atom is -0.492 e. The van der Waals surface area contributed by atoms with E-state index in [2.05, 4.69) is 20.9 Å². The molecule has 0 fully saturated rings. The zero-order chi connectivity index (χ0) is 15.2. The summed E-state index contributed by atoms with van der Waals surface area (Å²) >= 11 is 16.3. The van der Waals surface area contributed by atoms with Gasteiger partial charge < -0.3 is 4.74 Å². The van der Waals surface area contributed by atoms with Gasteiger partial charge in [0.15, 0.2) is 0 Å². The SMILES string of the molecule is Fc1cc(OCCCCc2nc(CCl)cs2)c(Br)cc1Cl. The molecule has 0 N–H and O–H groups in total. The molecular weight excluding hydrogens is 400 g/mol. The van der Waals surface area contributed by atoms with Gasteiger partial charge in [-0.25, -0.2) is 9.37 Å². The smallest absolute Gasteiger partial charge is 0.145 e. The summed E-state index contributed by atoms with van der Waals surface area (Å²) in [5.41, 5.74) is 0.925. The van der Waals surface area contributed by atoms with Crippen LogP contribution < -0.4 is 4.74 Å². The molecule has 1 aromatic carbocycles. The molecule has 0 saturated carbocycles. The van der Waals surface area contributed by atoms with Crippen molar-refractivity contribution in [2.75, 3.05) is 6.61 Å². The zero-order valence-corrected chi connectivity index (χ0v) is 15.0. The Kier molecular flexibility index (Phi) is 6.74. The van der Waals surface area contributed by atoms with Gasteiger partial charge in [-0.2, -0.15) is 0 Å². The minimum absolute atomic E-state index is 0.0769. The molecule has 21 heavy (non-hydrogen) atoms. The summed E-state index contributed by atoms with van der Waals surface area (Å²) in [5.74, 6) is 0.442. The second-order valence-corrected chi connectivity index (χ2v) is 6.84.